The minimum Gasteiger partial charge on any atom is -0.184 e. The monoisotopic (exact) mass is 474 g/mol. The highest BCUT2D eigenvalue weighted by atomic mass is 15.1. The van der Waals surface area contributed by atoms with Crippen LogP contribution in [0, 0.1) is 12.3 Å². The highest BCUT2D eigenvalue weighted by Crippen LogP contribution is 2.20. The van der Waals surface area contributed by atoms with E-state index in [1.165, 1.54) is 39.0 Å². The number of azo groups is 2. The average molecular weight is 475 g/mol. The lowest BCUT2D eigenvalue weighted by molar-refractivity contribution is 1.13. The van der Waals surface area contributed by atoms with Gasteiger partial charge in [0.1, 0.15) is 0 Å². The van der Waals surface area contributed by atoms with Gasteiger partial charge in [-0.1, -0.05) is 87.4 Å². The number of rotatable bonds is 5. The van der Waals surface area contributed by atoms with Crippen LogP contribution in [0.15, 0.2) is 106 Å². The van der Waals surface area contributed by atoms with E-state index >= 15 is 0 Å². The molecule has 0 fully saturated rings. The molecule has 0 saturated carbocycles. The van der Waals surface area contributed by atoms with Crippen molar-refractivity contribution in [1.29, 1.82) is 0 Å². The summed E-state index contributed by atoms with van der Waals surface area (Å²) in [4.78, 5) is 0. The molecule has 0 bridgehead atoms. The molecular weight excluding hydrogens is 440 g/mol. The molecule has 0 aliphatic carbocycles. The Morgan fingerprint density at radius 1 is 0.583 bits per heavy atom. The quantitative estimate of drug-likeness (QED) is 0.334. The summed E-state index contributed by atoms with van der Waals surface area (Å²) in [5.41, 5.74) is 9.93. The van der Waals surface area contributed by atoms with Crippen LogP contribution in [0.2, 0.25) is 0 Å². The molecule has 0 aromatic heterocycles. The molecule has 2 heterocycles. The molecule has 182 valence electrons. The maximum absolute atomic E-state index is 5.19. The van der Waals surface area contributed by atoms with Crippen LogP contribution >= 0.6 is 0 Å². The molecule has 4 nitrogen and oxygen atoms in total. The van der Waals surface area contributed by atoms with Gasteiger partial charge in [-0.15, -0.1) is 6.42 Å². The van der Waals surface area contributed by atoms with Gasteiger partial charge in [0.25, 0.3) is 0 Å². The Morgan fingerprint density at radius 3 is 1.22 bits per heavy atom. The van der Waals surface area contributed by atoms with Crippen molar-refractivity contribution < 1.29 is 0 Å². The molecule has 3 aromatic rings. The standard InChI is InChI=1S/2C11H12N2.C10H10/c2*1-2-9-3-5-10(6-4-9)11-7-12-13-8-11;1-3-9-5-7-10(4-2)8-6-9/h2*3-7H,2,8H2,1H3;1,5-8H,4H2,2H3. The summed E-state index contributed by atoms with van der Waals surface area (Å²) in [5, 5.41) is 15.5. The Balaban J connectivity index is 0.000000152. The Hall–Kier alpha value is -4.10. The molecule has 0 atom stereocenters. The number of terminal acetylenes is 1. The smallest absolute Gasteiger partial charge is 0.0874 e. The first kappa shape index (κ1) is 26.5. The zero-order valence-corrected chi connectivity index (χ0v) is 21.5. The summed E-state index contributed by atoms with van der Waals surface area (Å²) in [5.74, 6) is 2.58. The zero-order chi connectivity index (χ0) is 25.6. The van der Waals surface area contributed by atoms with Crippen molar-refractivity contribution in [3.63, 3.8) is 0 Å². The molecule has 2 aliphatic heterocycles. The molecule has 2 aliphatic rings. The number of benzene rings is 3. The van der Waals surface area contributed by atoms with E-state index in [1.54, 1.807) is 0 Å². The molecule has 36 heavy (non-hydrogen) atoms. The average Bonchev–Trinajstić information content (AvgIpc) is 3.69. The summed E-state index contributed by atoms with van der Waals surface area (Å²) in [7, 11) is 0. The predicted molar refractivity (Wildman–Crippen MR) is 151 cm³/mol. The number of aryl methyl sites for hydroxylation is 3. The second-order valence-electron chi connectivity index (χ2n) is 8.43. The summed E-state index contributed by atoms with van der Waals surface area (Å²) < 4.78 is 0. The van der Waals surface area contributed by atoms with E-state index < -0.39 is 0 Å². The van der Waals surface area contributed by atoms with E-state index in [-0.39, 0.29) is 0 Å². The van der Waals surface area contributed by atoms with Crippen LogP contribution in [0.25, 0.3) is 11.1 Å². The zero-order valence-electron chi connectivity index (χ0n) is 21.5. The van der Waals surface area contributed by atoms with Crippen molar-refractivity contribution in [3.05, 3.63) is 119 Å². The lowest BCUT2D eigenvalue weighted by atomic mass is 10.0. The third-order valence-corrected chi connectivity index (χ3v) is 6.07. The van der Waals surface area contributed by atoms with E-state index in [9.17, 15) is 0 Å². The molecular formula is C32H34N4. The minimum absolute atomic E-state index is 0.728. The fraction of sp³-hybridized carbons (Fsp3) is 0.250. The van der Waals surface area contributed by atoms with Gasteiger partial charge >= 0.3 is 0 Å². The second-order valence-corrected chi connectivity index (χ2v) is 8.43. The Morgan fingerprint density at radius 2 is 0.944 bits per heavy atom. The predicted octanol–water partition coefficient (Wildman–Crippen LogP) is 8.34. The van der Waals surface area contributed by atoms with E-state index in [0.29, 0.717) is 0 Å². The van der Waals surface area contributed by atoms with Crippen LogP contribution in [0.3, 0.4) is 0 Å². The van der Waals surface area contributed by atoms with Crippen LogP contribution < -0.4 is 0 Å². The molecule has 0 spiro atoms. The topological polar surface area (TPSA) is 49.4 Å². The van der Waals surface area contributed by atoms with Gasteiger partial charge in [0, 0.05) is 16.7 Å². The van der Waals surface area contributed by atoms with Crippen molar-refractivity contribution >= 4 is 11.1 Å². The van der Waals surface area contributed by atoms with Gasteiger partial charge in [-0.3, -0.25) is 0 Å². The fourth-order valence-corrected chi connectivity index (χ4v) is 3.61. The lowest BCUT2D eigenvalue weighted by Crippen LogP contribution is -1.86. The van der Waals surface area contributed by atoms with Crippen molar-refractivity contribution in [2.45, 2.75) is 40.0 Å². The van der Waals surface area contributed by atoms with Crippen LogP contribution in [0.5, 0.6) is 0 Å². The van der Waals surface area contributed by atoms with Crippen molar-refractivity contribution in [2.24, 2.45) is 20.5 Å². The molecule has 0 N–H and O–H groups in total. The van der Waals surface area contributed by atoms with E-state index in [0.717, 1.165) is 37.9 Å². The van der Waals surface area contributed by atoms with Gasteiger partial charge in [0.2, 0.25) is 0 Å². The number of hydrogen-bond donors (Lipinski definition) is 0. The third kappa shape index (κ3) is 7.99. The first-order valence-electron chi connectivity index (χ1n) is 12.5. The number of hydrogen-bond acceptors (Lipinski definition) is 4. The van der Waals surface area contributed by atoms with Crippen molar-refractivity contribution in [2.75, 3.05) is 13.1 Å². The van der Waals surface area contributed by atoms with Crippen molar-refractivity contribution in [3.8, 4) is 12.3 Å². The van der Waals surface area contributed by atoms with Crippen LogP contribution in [-0.4, -0.2) is 13.1 Å². The normalized spacial score (nSPS) is 13.1. The maximum atomic E-state index is 5.19. The van der Waals surface area contributed by atoms with Crippen LogP contribution in [-0.2, 0) is 19.3 Å². The maximum Gasteiger partial charge on any atom is 0.0874 e. The first-order valence-corrected chi connectivity index (χ1v) is 12.5. The van der Waals surface area contributed by atoms with Gasteiger partial charge in [-0.25, -0.2) is 0 Å². The highest BCUT2D eigenvalue weighted by molar-refractivity contribution is 5.68. The molecule has 0 amide bonds. The molecule has 5 rings (SSSR count). The Bertz CT molecular complexity index is 1180. The van der Waals surface area contributed by atoms with E-state index in [4.69, 9.17) is 6.42 Å². The van der Waals surface area contributed by atoms with Crippen LogP contribution in [0.4, 0.5) is 0 Å². The Kier molecular flexibility index (Phi) is 10.6. The number of nitrogens with zero attached hydrogens (tertiary/aromatic N) is 4. The van der Waals surface area contributed by atoms with Crippen LogP contribution in [0.1, 0.15) is 54.2 Å². The van der Waals surface area contributed by atoms with Gasteiger partial charge in [-0.05, 0) is 59.2 Å². The van der Waals surface area contributed by atoms with Gasteiger partial charge in [0.05, 0.1) is 25.5 Å². The minimum atomic E-state index is 0.728. The highest BCUT2D eigenvalue weighted by Gasteiger charge is 2.05. The summed E-state index contributed by atoms with van der Waals surface area (Å²) in [6, 6.07) is 25.3. The van der Waals surface area contributed by atoms with Gasteiger partial charge in [0.15, 0.2) is 0 Å². The summed E-state index contributed by atoms with van der Waals surface area (Å²) in [6.45, 7) is 7.91. The van der Waals surface area contributed by atoms with Crippen molar-refractivity contribution in [1.82, 2.24) is 0 Å². The second kappa shape index (κ2) is 14.3. The Labute approximate surface area is 215 Å². The molecule has 3 aromatic carbocycles. The molecule has 0 saturated heterocycles. The van der Waals surface area contributed by atoms with E-state index in [1.807, 2.05) is 24.5 Å². The molecule has 0 radical (unpaired) electrons. The lowest BCUT2D eigenvalue weighted by Gasteiger charge is -2.01. The largest absolute Gasteiger partial charge is 0.184 e. The summed E-state index contributed by atoms with van der Waals surface area (Å²) >= 11 is 0. The summed E-state index contributed by atoms with van der Waals surface area (Å²) in [6.07, 6.45) is 12.1. The SMILES string of the molecule is C#Cc1ccc(CC)cc1.CCc1ccc(C2=CN=NC2)cc1.CCc1ccc(C2=CN=NC2)cc1. The van der Waals surface area contributed by atoms with Gasteiger partial charge < -0.3 is 0 Å². The molecule has 0 unspecified atom stereocenters. The van der Waals surface area contributed by atoms with Gasteiger partial charge in [-0.2, -0.15) is 20.5 Å². The first-order chi connectivity index (χ1) is 17.7. The fourth-order valence-electron chi connectivity index (χ4n) is 3.61. The third-order valence-electron chi connectivity index (χ3n) is 6.07. The molecule has 4 heteroatoms. The van der Waals surface area contributed by atoms with E-state index in [2.05, 4.69) is 108 Å².